The summed E-state index contributed by atoms with van der Waals surface area (Å²) >= 11 is 0. The van der Waals surface area contributed by atoms with Crippen molar-refractivity contribution in [3.63, 3.8) is 0 Å². The summed E-state index contributed by atoms with van der Waals surface area (Å²) in [5.41, 5.74) is -2.39. The zero-order chi connectivity index (χ0) is 41.5. The second-order valence-corrected chi connectivity index (χ2v) is 20.3. The van der Waals surface area contributed by atoms with Gasteiger partial charge in [0.15, 0.2) is 5.78 Å². The smallest absolute Gasteiger partial charge is 0.307 e. The molecule has 7 atom stereocenters. The summed E-state index contributed by atoms with van der Waals surface area (Å²) in [4.78, 5) is 71.8. The number of carbonyl (C=O) groups is 4. The molecule has 2 aliphatic carbocycles. The van der Waals surface area contributed by atoms with E-state index in [4.69, 9.17) is 14.2 Å². The Morgan fingerprint density at radius 2 is 1.75 bits per heavy atom. The normalized spacial score (nSPS) is 29.7. The number of rotatable bonds is 10. The van der Waals surface area contributed by atoms with Crippen LogP contribution in [0.1, 0.15) is 99.3 Å². The molecule has 2 amide bonds. The van der Waals surface area contributed by atoms with Crippen molar-refractivity contribution in [1.29, 1.82) is 0 Å². The van der Waals surface area contributed by atoms with E-state index in [2.05, 4.69) is 16.7 Å². The number of Topliss-reactive ketones (excluding diaryl/α,β-unsaturated/α-hetero) is 1. The number of ketones is 1. The number of aromatic nitrogens is 2. The number of amides is 2. The van der Waals surface area contributed by atoms with Crippen LogP contribution in [0.25, 0.3) is 10.8 Å². The lowest BCUT2D eigenvalue weighted by molar-refractivity contribution is -0.160. The first-order valence-electron chi connectivity index (χ1n) is 20.2. The maximum Gasteiger partial charge on any atom is 0.307 e. The first-order valence-corrected chi connectivity index (χ1v) is 21.7. The van der Waals surface area contributed by atoms with Crippen LogP contribution in [0.3, 0.4) is 0 Å². The number of carbonyl (C=O) groups excluding carboxylic acids is 4. The highest BCUT2D eigenvalue weighted by atomic mass is 32.2. The Hall–Kier alpha value is -4.11. The van der Waals surface area contributed by atoms with Crippen molar-refractivity contribution >= 4 is 44.4 Å². The first kappa shape index (κ1) is 42.5. The molecule has 1 saturated heterocycles. The van der Waals surface area contributed by atoms with E-state index in [1.165, 1.54) is 16.7 Å². The summed E-state index contributed by atoms with van der Waals surface area (Å²) in [6.07, 6.45) is 6.08. The van der Waals surface area contributed by atoms with Crippen LogP contribution in [0.5, 0.6) is 5.88 Å². The third-order valence-corrected chi connectivity index (χ3v) is 14.4. The fourth-order valence-electron chi connectivity index (χ4n) is 8.43. The number of hydrogen-bond acceptors (Lipinski definition) is 11. The van der Waals surface area contributed by atoms with Crippen LogP contribution in [0.15, 0.2) is 41.2 Å². The van der Waals surface area contributed by atoms with Crippen LogP contribution < -0.4 is 15.0 Å². The van der Waals surface area contributed by atoms with Crippen LogP contribution in [0, 0.1) is 29.1 Å². The predicted octanol–water partition coefficient (Wildman–Crippen LogP) is 4.72. The number of allylic oxidation sites excluding steroid dienone is 2. The Balaban J connectivity index is 1.37. The Kier molecular flexibility index (Phi) is 12.1. The fraction of sp³-hybridized carbons (Fsp3) is 0.667. The molecule has 1 aromatic heterocycles. The maximum atomic E-state index is 14.9. The molecular formula is C42H58N4O10S. The molecule has 3 fully saturated rings. The summed E-state index contributed by atoms with van der Waals surface area (Å²) in [5.74, 6) is -3.10. The van der Waals surface area contributed by atoms with Crippen LogP contribution in [0.2, 0.25) is 0 Å². The highest BCUT2D eigenvalue weighted by molar-refractivity contribution is 7.91. The molecule has 6 rings (SSSR count). The van der Waals surface area contributed by atoms with Crippen molar-refractivity contribution in [2.45, 2.75) is 128 Å². The van der Waals surface area contributed by atoms with Gasteiger partial charge in [0.25, 0.3) is 5.56 Å². The molecule has 2 aromatic rings. The summed E-state index contributed by atoms with van der Waals surface area (Å²) in [6, 6.07) is 5.87. The molecule has 4 aliphatic rings. The van der Waals surface area contributed by atoms with Crippen molar-refractivity contribution in [1.82, 2.24) is 19.4 Å². The molecule has 57 heavy (non-hydrogen) atoms. The SMILES string of the molecule is COCCn1nc(O[C@@H]2C[C@H]3C(=O)C[C@]4(C(=O)NS(=O)(=O)C5(C)CC5)C[C@H]4/C=C\CC[C@@H](C)C[C@@H](C)[C@H](CC(=O)OC(C)(C)C)C(=O)N3C2)c2ccccc2c1=O. The van der Waals surface area contributed by atoms with E-state index in [0.29, 0.717) is 42.9 Å². The highest BCUT2D eigenvalue weighted by Crippen LogP contribution is 2.57. The fourth-order valence-corrected chi connectivity index (χ4v) is 9.76. The number of methoxy groups -OCH3 is 1. The molecule has 312 valence electrons. The van der Waals surface area contributed by atoms with Crippen molar-refractivity contribution in [2.75, 3.05) is 20.3 Å². The second-order valence-electron chi connectivity index (χ2n) is 18.1. The van der Waals surface area contributed by atoms with Gasteiger partial charge in [0.2, 0.25) is 27.7 Å². The lowest BCUT2D eigenvalue weighted by atomic mass is 9.82. The topological polar surface area (TPSA) is 180 Å². The van der Waals surface area contributed by atoms with Gasteiger partial charge in [0, 0.05) is 20.0 Å². The number of ether oxygens (including phenoxy) is 3. The van der Waals surface area contributed by atoms with Gasteiger partial charge >= 0.3 is 5.97 Å². The van der Waals surface area contributed by atoms with E-state index >= 15 is 0 Å². The Bertz CT molecular complexity index is 2090. The molecular weight excluding hydrogens is 753 g/mol. The van der Waals surface area contributed by atoms with Gasteiger partial charge in [-0.1, -0.05) is 38.1 Å². The minimum absolute atomic E-state index is 0.0230. The lowest BCUT2D eigenvalue weighted by Crippen LogP contribution is -2.48. The molecule has 0 unspecified atom stereocenters. The van der Waals surface area contributed by atoms with Gasteiger partial charge in [0.1, 0.15) is 11.7 Å². The average molecular weight is 811 g/mol. The van der Waals surface area contributed by atoms with Gasteiger partial charge in [-0.3, -0.25) is 28.7 Å². The van der Waals surface area contributed by atoms with Crippen molar-refractivity contribution < 1.29 is 41.8 Å². The van der Waals surface area contributed by atoms with Gasteiger partial charge in [-0.05, 0) is 96.1 Å². The number of hydrogen-bond donors (Lipinski definition) is 1. The van der Waals surface area contributed by atoms with Crippen LogP contribution in [-0.2, 0) is 45.2 Å². The molecule has 14 nitrogen and oxygen atoms in total. The van der Waals surface area contributed by atoms with Gasteiger partial charge in [-0.2, -0.15) is 0 Å². The monoisotopic (exact) mass is 810 g/mol. The first-order chi connectivity index (χ1) is 26.8. The zero-order valence-corrected chi connectivity index (χ0v) is 35.1. The zero-order valence-electron chi connectivity index (χ0n) is 34.2. The second kappa shape index (κ2) is 16.3. The summed E-state index contributed by atoms with van der Waals surface area (Å²) in [6.45, 7) is 11.3. The summed E-state index contributed by atoms with van der Waals surface area (Å²) < 4.78 is 46.5. The Morgan fingerprint density at radius 1 is 1.05 bits per heavy atom. The standard InChI is InChI=1S/C42H58N4O10S/c1-26-12-8-9-13-28-23-42(28,39(51)44-57(52,53)41(6)16-17-41)24-34(47)33-21-29(25-45(33)37(49)32(27(2)20-26)22-35(48)56-40(3,4)5)55-36-30-14-10-11-15-31(30)38(50)46(43-36)18-19-54-7/h9-11,13-15,26-29,32-33H,8,12,16-25H2,1-7H3,(H,44,51)/b13-9-/t26-,27-,28-,29-,32+,33+,42-/m1/s1. The van der Waals surface area contributed by atoms with Crippen molar-refractivity contribution in [3.05, 3.63) is 46.8 Å². The van der Waals surface area contributed by atoms with E-state index in [9.17, 15) is 32.4 Å². The highest BCUT2D eigenvalue weighted by Gasteiger charge is 2.62. The van der Waals surface area contributed by atoms with E-state index in [-0.39, 0.29) is 68.2 Å². The third-order valence-electron chi connectivity index (χ3n) is 12.2. The molecule has 0 bridgehead atoms. The van der Waals surface area contributed by atoms with Gasteiger partial charge in [-0.25, -0.2) is 13.1 Å². The summed E-state index contributed by atoms with van der Waals surface area (Å²) in [7, 11) is -2.46. The molecule has 0 radical (unpaired) electrons. The third kappa shape index (κ3) is 9.29. The number of benzene rings is 1. The number of nitrogens with one attached hydrogen (secondary N) is 1. The van der Waals surface area contributed by atoms with E-state index in [1.807, 2.05) is 19.1 Å². The predicted molar refractivity (Wildman–Crippen MR) is 213 cm³/mol. The number of esters is 1. The van der Waals surface area contributed by atoms with E-state index in [1.54, 1.807) is 52.0 Å². The molecule has 1 N–H and O–H groups in total. The molecule has 2 saturated carbocycles. The van der Waals surface area contributed by atoms with Crippen molar-refractivity contribution in [3.8, 4) is 5.88 Å². The molecule has 2 aliphatic heterocycles. The Labute approximate surface area is 335 Å². The van der Waals surface area contributed by atoms with Crippen LogP contribution in [-0.4, -0.2) is 89.4 Å². The van der Waals surface area contributed by atoms with Gasteiger partial charge in [0.05, 0.1) is 59.0 Å². The number of sulfonamides is 1. The minimum Gasteiger partial charge on any atom is -0.471 e. The molecule has 15 heteroatoms. The molecule has 1 aromatic carbocycles. The van der Waals surface area contributed by atoms with E-state index < -0.39 is 67.4 Å². The van der Waals surface area contributed by atoms with Crippen LogP contribution >= 0.6 is 0 Å². The Morgan fingerprint density at radius 3 is 2.42 bits per heavy atom. The number of fused-ring (bicyclic) bond motifs is 3. The van der Waals surface area contributed by atoms with Gasteiger partial charge < -0.3 is 19.1 Å². The summed E-state index contributed by atoms with van der Waals surface area (Å²) in [5, 5.41) is 5.39. The average Bonchev–Trinajstić information content (AvgIpc) is 4.02. The number of nitrogens with zero attached hydrogens (tertiary/aromatic N) is 3. The van der Waals surface area contributed by atoms with Gasteiger partial charge in [-0.15, -0.1) is 5.10 Å². The minimum atomic E-state index is -3.98. The lowest BCUT2D eigenvalue weighted by Gasteiger charge is -2.32. The van der Waals surface area contributed by atoms with Crippen LogP contribution in [0.4, 0.5) is 0 Å². The molecule has 0 spiro atoms. The molecule has 3 heterocycles. The van der Waals surface area contributed by atoms with Crippen molar-refractivity contribution in [2.24, 2.45) is 29.1 Å². The maximum absolute atomic E-state index is 14.9. The quantitative estimate of drug-likeness (QED) is 0.259. The largest absolute Gasteiger partial charge is 0.471 e. The van der Waals surface area contributed by atoms with E-state index in [0.717, 1.165) is 6.42 Å².